The Kier molecular flexibility index (Phi) is 4.88. The first-order valence-electron chi connectivity index (χ1n) is 8.02. The highest BCUT2D eigenvalue weighted by Gasteiger charge is 2.32. The summed E-state index contributed by atoms with van der Waals surface area (Å²) in [5, 5.41) is 5.08. The van der Waals surface area contributed by atoms with Gasteiger partial charge in [0.1, 0.15) is 0 Å². The van der Waals surface area contributed by atoms with Crippen molar-refractivity contribution in [2.45, 2.75) is 20.0 Å². The summed E-state index contributed by atoms with van der Waals surface area (Å²) in [6, 6.07) is 4.55. The number of benzene rings is 1. The molecule has 0 unspecified atom stereocenters. The van der Waals surface area contributed by atoms with Crippen molar-refractivity contribution in [1.29, 1.82) is 0 Å². The van der Waals surface area contributed by atoms with Gasteiger partial charge < -0.3 is 4.90 Å². The van der Waals surface area contributed by atoms with E-state index in [-0.39, 0.29) is 5.56 Å². The van der Waals surface area contributed by atoms with Crippen LogP contribution >= 0.6 is 11.8 Å². The van der Waals surface area contributed by atoms with Crippen molar-refractivity contribution in [3.05, 3.63) is 57.4 Å². The minimum Gasteiger partial charge on any atom is -0.302 e. The number of carbonyl (C=O) groups excluding carboxylic acids is 1. The topological polar surface area (TPSA) is 38.1 Å². The first-order valence-corrected chi connectivity index (χ1v) is 9.01. The number of halogens is 3. The summed E-state index contributed by atoms with van der Waals surface area (Å²) >= 11 is 1.51. The van der Waals surface area contributed by atoms with E-state index in [0.29, 0.717) is 12.3 Å². The van der Waals surface area contributed by atoms with Gasteiger partial charge in [0, 0.05) is 36.2 Å². The zero-order chi connectivity index (χ0) is 19.1. The van der Waals surface area contributed by atoms with Crippen molar-refractivity contribution < 1.29 is 18.0 Å². The number of aryl methyl sites for hydroxylation is 2. The van der Waals surface area contributed by atoms with Crippen LogP contribution in [0.4, 0.5) is 13.2 Å². The highest BCUT2D eigenvalue weighted by molar-refractivity contribution is 8.03. The second-order valence-corrected chi connectivity index (χ2v) is 7.19. The molecule has 26 heavy (non-hydrogen) atoms. The number of hydrogen-bond donors (Lipinski definition) is 0. The molecule has 138 valence electrons. The van der Waals surface area contributed by atoms with Gasteiger partial charge in [-0.05, 0) is 38.1 Å². The zero-order valence-electron chi connectivity index (χ0n) is 14.6. The first-order chi connectivity index (χ1) is 12.2. The van der Waals surface area contributed by atoms with Crippen molar-refractivity contribution in [3.8, 4) is 0 Å². The predicted octanol–water partition coefficient (Wildman–Crippen LogP) is 4.24. The average Bonchev–Trinajstić information content (AvgIpc) is 3.14. The molecule has 0 aliphatic carbocycles. The molecule has 1 aromatic heterocycles. The van der Waals surface area contributed by atoms with Gasteiger partial charge in [0.25, 0.3) is 5.91 Å². The standard InChI is InChI=1S/C18H18F3N3OS/c1-11-15(12(2)23(3)22-11)10-16-24(7-8-26-16)17(25)13-5-4-6-14(9-13)18(19,20)21/h4-6,9-10H,7-8H2,1-3H3/b16-10+. The molecule has 1 saturated heterocycles. The third-order valence-electron chi connectivity index (χ3n) is 4.35. The van der Waals surface area contributed by atoms with Gasteiger partial charge in [-0.15, -0.1) is 11.8 Å². The van der Waals surface area contributed by atoms with Crippen LogP contribution < -0.4 is 0 Å². The lowest BCUT2D eigenvalue weighted by molar-refractivity contribution is -0.137. The van der Waals surface area contributed by atoms with Crippen LogP contribution in [0.1, 0.15) is 32.9 Å². The van der Waals surface area contributed by atoms with Crippen molar-refractivity contribution in [2.75, 3.05) is 12.3 Å². The molecule has 2 aromatic rings. The molecule has 1 fully saturated rings. The number of carbonyl (C=O) groups is 1. The van der Waals surface area contributed by atoms with Gasteiger partial charge in [0.2, 0.25) is 0 Å². The quantitative estimate of drug-likeness (QED) is 0.781. The van der Waals surface area contributed by atoms with E-state index >= 15 is 0 Å². The Balaban J connectivity index is 1.93. The fourth-order valence-corrected chi connectivity index (χ4v) is 3.87. The summed E-state index contributed by atoms with van der Waals surface area (Å²) in [6.07, 6.45) is -2.58. The lowest BCUT2D eigenvalue weighted by Crippen LogP contribution is -2.27. The molecular formula is C18H18F3N3OS. The number of rotatable bonds is 2. The predicted molar refractivity (Wildman–Crippen MR) is 95.6 cm³/mol. The smallest absolute Gasteiger partial charge is 0.302 e. The number of hydrogen-bond acceptors (Lipinski definition) is 3. The zero-order valence-corrected chi connectivity index (χ0v) is 15.4. The van der Waals surface area contributed by atoms with Crippen LogP contribution in [-0.2, 0) is 13.2 Å². The van der Waals surface area contributed by atoms with Gasteiger partial charge >= 0.3 is 6.18 Å². The summed E-state index contributed by atoms with van der Waals surface area (Å²) in [7, 11) is 1.84. The third-order valence-corrected chi connectivity index (χ3v) is 5.37. The van der Waals surface area contributed by atoms with Crippen molar-refractivity contribution in [3.63, 3.8) is 0 Å². The van der Waals surface area contributed by atoms with Crippen LogP contribution in [-0.4, -0.2) is 32.9 Å². The van der Waals surface area contributed by atoms with Crippen LogP contribution in [0.2, 0.25) is 0 Å². The van der Waals surface area contributed by atoms with Crippen LogP contribution in [0.25, 0.3) is 6.08 Å². The molecule has 0 bridgehead atoms. The highest BCUT2D eigenvalue weighted by Crippen LogP contribution is 2.34. The molecule has 0 saturated carbocycles. The Bertz CT molecular complexity index is 886. The Hall–Kier alpha value is -2.22. The van der Waals surface area contributed by atoms with E-state index in [2.05, 4.69) is 5.10 Å². The molecule has 0 radical (unpaired) electrons. The molecular weight excluding hydrogens is 363 g/mol. The molecule has 1 aliphatic heterocycles. The van der Waals surface area contributed by atoms with E-state index in [1.165, 1.54) is 28.8 Å². The molecule has 8 heteroatoms. The maximum Gasteiger partial charge on any atom is 0.416 e. The first kappa shape index (κ1) is 18.6. The van der Waals surface area contributed by atoms with Crippen LogP contribution in [0.3, 0.4) is 0 Å². The molecule has 1 aliphatic rings. The maximum absolute atomic E-state index is 12.9. The van der Waals surface area contributed by atoms with E-state index in [1.807, 2.05) is 27.0 Å². The Labute approximate surface area is 153 Å². The summed E-state index contributed by atoms with van der Waals surface area (Å²) < 4.78 is 40.5. The lowest BCUT2D eigenvalue weighted by atomic mass is 10.1. The molecule has 2 heterocycles. The Morgan fingerprint density at radius 1 is 1.31 bits per heavy atom. The molecule has 1 amide bonds. The minimum absolute atomic E-state index is 0.0351. The van der Waals surface area contributed by atoms with Crippen LogP contribution in [0.15, 0.2) is 29.3 Å². The van der Waals surface area contributed by atoms with Crippen LogP contribution in [0.5, 0.6) is 0 Å². The van der Waals surface area contributed by atoms with Gasteiger partial charge in [-0.25, -0.2) is 0 Å². The maximum atomic E-state index is 12.9. The molecule has 0 N–H and O–H groups in total. The van der Waals surface area contributed by atoms with Gasteiger partial charge in [-0.3, -0.25) is 9.48 Å². The van der Waals surface area contributed by atoms with Crippen molar-refractivity contribution in [1.82, 2.24) is 14.7 Å². The number of aromatic nitrogens is 2. The van der Waals surface area contributed by atoms with Crippen LogP contribution in [0, 0.1) is 13.8 Å². The molecule has 0 atom stereocenters. The second kappa shape index (κ2) is 6.83. The Morgan fingerprint density at radius 3 is 2.65 bits per heavy atom. The van der Waals surface area contributed by atoms with Gasteiger partial charge in [-0.2, -0.15) is 18.3 Å². The monoisotopic (exact) mass is 381 g/mol. The normalized spacial score (nSPS) is 16.5. The fourth-order valence-electron chi connectivity index (χ4n) is 2.86. The van der Waals surface area contributed by atoms with E-state index in [1.54, 1.807) is 4.68 Å². The molecule has 4 nitrogen and oxygen atoms in total. The van der Waals surface area contributed by atoms with Gasteiger partial charge in [0.15, 0.2) is 0 Å². The summed E-state index contributed by atoms with van der Waals surface area (Å²) in [5.74, 6) is 0.279. The molecule has 3 rings (SSSR count). The summed E-state index contributed by atoms with van der Waals surface area (Å²) in [4.78, 5) is 14.3. The second-order valence-electron chi connectivity index (χ2n) is 6.07. The fraction of sp³-hybridized carbons (Fsp3) is 0.333. The minimum atomic E-state index is -4.47. The summed E-state index contributed by atoms with van der Waals surface area (Å²) in [5.41, 5.74) is 1.96. The van der Waals surface area contributed by atoms with Gasteiger partial charge in [0.05, 0.1) is 16.3 Å². The average molecular weight is 381 g/mol. The van der Waals surface area contributed by atoms with E-state index < -0.39 is 17.6 Å². The van der Waals surface area contributed by atoms with E-state index in [4.69, 9.17) is 0 Å². The van der Waals surface area contributed by atoms with Gasteiger partial charge in [-0.1, -0.05) is 6.07 Å². The summed E-state index contributed by atoms with van der Waals surface area (Å²) in [6.45, 7) is 4.28. The number of nitrogens with zero attached hydrogens (tertiary/aromatic N) is 3. The van der Waals surface area contributed by atoms with E-state index in [9.17, 15) is 18.0 Å². The molecule has 0 spiro atoms. The number of alkyl halides is 3. The van der Waals surface area contributed by atoms with Crippen molar-refractivity contribution >= 4 is 23.7 Å². The third kappa shape index (κ3) is 3.51. The largest absolute Gasteiger partial charge is 0.416 e. The molecule has 1 aromatic carbocycles. The van der Waals surface area contributed by atoms with E-state index in [0.717, 1.165) is 34.1 Å². The Morgan fingerprint density at radius 2 is 2.04 bits per heavy atom. The number of amides is 1. The highest BCUT2D eigenvalue weighted by atomic mass is 32.2. The lowest BCUT2D eigenvalue weighted by Gasteiger charge is -2.18. The SMILES string of the molecule is Cc1nn(C)c(C)c1/C=C1/SCCN1C(=O)c1cccc(C(F)(F)F)c1. The van der Waals surface area contributed by atoms with Crippen molar-refractivity contribution in [2.24, 2.45) is 7.05 Å². The number of thioether (sulfide) groups is 1.